The summed E-state index contributed by atoms with van der Waals surface area (Å²) in [4.78, 5) is 18.8. The van der Waals surface area contributed by atoms with Gasteiger partial charge in [-0.2, -0.15) is 0 Å². The molecule has 1 amide bonds. The Hall–Kier alpha value is -2.10. The van der Waals surface area contributed by atoms with Crippen LogP contribution in [0.1, 0.15) is 31.7 Å². The van der Waals surface area contributed by atoms with Crippen molar-refractivity contribution in [1.82, 2.24) is 14.5 Å². The lowest BCUT2D eigenvalue weighted by molar-refractivity contribution is -0.128. The molecule has 1 saturated carbocycles. The fourth-order valence-electron chi connectivity index (χ4n) is 3.70. The van der Waals surface area contributed by atoms with E-state index < -0.39 is 0 Å². The molecular formula is C19H23N3O. The minimum atomic E-state index is 0.341. The standard InChI is InChI=1S/C19H23N3O/c1-2-15-5-3-4-6-17(15)19-20-9-10-21(19)12-14-11-18(23)22(13-14)16-7-8-16/h3-6,9-10,14,16H,2,7-8,11-13H2,1H3. The molecular weight excluding hydrogens is 286 g/mol. The molecule has 120 valence electrons. The van der Waals surface area contributed by atoms with E-state index in [2.05, 4.69) is 45.6 Å². The number of carbonyl (C=O) groups is 1. The summed E-state index contributed by atoms with van der Waals surface area (Å²) in [5.41, 5.74) is 2.53. The molecule has 2 aliphatic rings. The molecule has 2 fully saturated rings. The number of imidazole rings is 1. The van der Waals surface area contributed by atoms with Gasteiger partial charge in [0.2, 0.25) is 5.91 Å². The highest BCUT2D eigenvalue weighted by Gasteiger charge is 2.39. The number of likely N-dealkylation sites (tertiary alicyclic amines) is 1. The summed E-state index contributed by atoms with van der Waals surface area (Å²) in [5, 5.41) is 0. The van der Waals surface area contributed by atoms with Crippen molar-refractivity contribution in [3.8, 4) is 11.4 Å². The summed E-state index contributed by atoms with van der Waals surface area (Å²) in [6, 6.07) is 9.01. The Morgan fingerprint density at radius 2 is 2.09 bits per heavy atom. The van der Waals surface area contributed by atoms with E-state index >= 15 is 0 Å². The third-order valence-electron chi connectivity index (χ3n) is 5.04. The highest BCUT2D eigenvalue weighted by Crippen LogP contribution is 2.33. The van der Waals surface area contributed by atoms with Crippen LogP contribution in [0.3, 0.4) is 0 Å². The molecule has 1 aromatic carbocycles. The maximum absolute atomic E-state index is 12.2. The normalized spacial score (nSPS) is 21.2. The number of amides is 1. The average Bonchev–Trinajstić information content (AvgIpc) is 3.20. The fourth-order valence-corrected chi connectivity index (χ4v) is 3.70. The van der Waals surface area contributed by atoms with E-state index in [1.165, 1.54) is 24.0 Å². The summed E-state index contributed by atoms with van der Waals surface area (Å²) in [5.74, 6) is 1.78. The monoisotopic (exact) mass is 309 g/mol. The number of carbonyl (C=O) groups excluding carboxylic acids is 1. The van der Waals surface area contributed by atoms with Crippen molar-refractivity contribution >= 4 is 5.91 Å². The second kappa shape index (κ2) is 5.84. The number of hydrogen-bond donors (Lipinski definition) is 0. The van der Waals surface area contributed by atoms with Crippen LogP contribution in [0, 0.1) is 5.92 Å². The van der Waals surface area contributed by atoms with Gasteiger partial charge < -0.3 is 9.47 Å². The van der Waals surface area contributed by atoms with E-state index in [4.69, 9.17) is 0 Å². The van der Waals surface area contributed by atoms with E-state index in [0.29, 0.717) is 24.3 Å². The van der Waals surface area contributed by atoms with Gasteiger partial charge in [0.25, 0.3) is 0 Å². The lowest BCUT2D eigenvalue weighted by Gasteiger charge is -2.17. The zero-order valence-corrected chi connectivity index (χ0v) is 13.6. The molecule has 2 heterocycles. The van der Waals surface area contributed by atoms with Gasteiger partial charge in [-0.3, -0.25) is 4.79 Å². The van der Waals surface area contributed by atoms with Crippen molar-refractivity contribution in [3.63, 3.8) is 0 Å². The molecule has 23 heavy (non-hydrogen) atoms. The van der Waals surface area contributed by atoms with Crippen LogP contribution >= 0.6 is 0 Å². The Kier molecular flexibility index (Phi) is 3.68. The first-order valence-corrected chi connectivity index (χ1v) is 8.65. The zero-order valence-electron chi connectivity index (χ0n) is 13.6. The summed E-state index contributed by atoms with van der Waals surface area (Å²) in [6.07, 6.45) is 7.99. The van der Waals surface area contributed by atoms with Gasteiger partial charge >= 0.3 is 0 Å². The van der Waals surface area contributed by atoms with Gasteiger partial charge in [0, 0.05) is 49.4 Å². The molecule has 1 aliphatic heterocycles. The second-order valence-electron chi connectivity index (χ2n) is 6.76. The number of hydrogen-bond acceptors (Lipinski definition) is 2. The van der Waals surface area contributed by atoms with E-state index in [9.17, 15) is 4.79 Å². The van der Waals surface area contributed by atoms with Gasteiger partial charge in [-0.05, 0) is 24.8 Å². The molecule has 0 spiro atoms. The summed E-state index contributed by atoms with van der Waals surface area (Å²) < 4.78 is 2.23. The van der Waals surface area contributed by atoms with Gasteiger partial charge in [-0.15, -0.1) is 0 Å². The summed E-state index contributed by atoms with van der Waals surface area (Å²) in [7, 11) is 0. The topological polar surface area (TPSA) is 38.1 Å². The van der Waals surface area contributed by atoms with Crippen molar-refractivity contribution in [2.45, 2.75) is 45.2 Å². The smallest absolute Gasteiger partial charge is 0.223 e. The minimum Gasteiger partial charge on any atom is -0.339 e. The maximum Gasteiger partial charge on any atom is 0.223 e. The molecule has 4 nitrogen and oxygen atoms in total. The van der Waals surface area contributed by atoms with Crippen molar-refractivity contribution in [2.75, 3.05) is 6.54 Å². The highest BCUT2D eigenvalue weighted by atomic mass is 16.2. The quantitative estimate of drug-likeness (QED) is 0.851. The number of aryl methyl sites for hydroxylation is 1. The van der Waals surface area contributed by atoms with Crippen molar-refractivity contribution < 1.29 is 4.79 Å². The average molecular weight is 309 g/mol. The van der Waals surface area contributed by atoms with Crippen LogP contribution in [0.2, 0.25) is 0 Å². The molecule has 4 rings (SSSR count). The van der Waals surface area contributed by atoms with Crippen LogP contribution in [-0.2, 0) is 17.8 Å². The summed E-state index contributed by atoms with van der Waals surface area (Å²) in [6.45, 7) is 3.97. The minimum absolute atomic E-state index is 0.341. The Morgan fingerprint density at radius 3 is 2.87 bits per heavy atom. The molecule has 0 N–H and O–H groups in total. The number of benzene rings is 1. The molecule has 0 bridgehead atoms. The first kappa shape index (κ1) is 14.5. The van der Waals surface area contributed by atoms with Gasteiger partial charge in [-0.1, -0.05) is 31.2 Å². The van der Waals surface area contributed by atoms with Gasteiger partial charge in [0.1, 0.15) is 5.82 Å². The van der Waals surface area contributed by atoms with Gasteiger partial charge in [0.15, 0.2) is 0 Å². The van der Waals surface area contributed by atoms with Crippen LogP contribution in [0.4, 0.5) is 0 Å². The molecule has 2 aromatic rings. The Labute approximate surface area is 137 Å². The Balaban J connectivity index is 1.55. The second-order valence-corrected chi connectivity index (χ2v) is 6.76. The van der Waals surface area contributed by atoms with Crippen molar-refractivity contribution in [3.05, 3.63) is 42.2 Å². The van der Waals surface area contributed by atoms with Gasteiger partial charge in [-0.25, -0.2) is 4.98 Å². The van der Waals surface area contributed by atoms with E-state index in [-0.39, 0.29) is 0 Å². The van der Waals surface area contributed by atoms with E-state index in [1.807, 2.05) is 12.4 Å². The maximum atomic E-state index is 12.2. The first-order valence-electron chi connectivity index (χ1n) is 8.65. The molecule has 4 heteroatoms. The molecule has 1 saturated heterocycles. The van der Waals surface area contributed by atoms with Crippen LogP contribution in [0.5, 0.6) is 0 Å². The lowest BCUT2D eigenvalue weighted by Crippen LogP contribution is -2.27. The molecule has 1 aromatic heterocycles. The van der Waals surface area contributed by atoms with Crippen molar-refractivity contribution in [1.29, 1.82) is 0 Å². The van der Waals surface area contributed by atoms with Crippen LogP contribution in [-0.4, -0.2) is 32.9 Å². The highest BCUT2D eigenvalue weighted by molar-refractivity contribution is 5.79. The molecule has 1 aliphatic carbocycles. The largest absolute Gasteiger partial charge is 0.339 e. The zero-order chi connectivity index (χ0) is 15.8. The lowest BCUT2D eigenvalue weighted by atomic mass is 10.0. The number of aromatic nitrogens is 2. The van der Waals surface area contributed by atoms with E-state index in [1.54, 1.807) is 0 Å². The first-order chi connectivity index (χ1) is 11.3. The third-order valence-corrected chi connectivity index (χ3v) is 5.04. The van der Waals surface area contributed by atoms with Crippen LogP contribution in [0.25, 0.3) is 11.4 Å². The number of nitrogens with zero attached hydrogens (tertiary/aromatic N) is 3. The Bertz CT molecular complexity index is 717. The molecule has 1 unspecified atom stereocenters. The van der Waals surface area contributed by atoms with Gasteiger partial charge in [0.05, 0.1) is 0 Å². The van der Waals surface area contributed by atoms with E-state index in [0.717, 1.165) is 25.3 Å². The van der Waals surface area contributed by atoms with Crippen molar-refractivity contribution in [2.24, 2.45) is 5.92 Å². The SMILES string of the molecule is CCc1ccccc1-c1nccn1CC1CC(=O)N(C2CC2)C1. The number of rotatable bonds is 5. The predicted molar refractivity (Wildman–Crippen MR) is 89.9 cm³/mol. The van der Waals surface area contributed by atoms with Crippen LogP contribution < -0.4 is 0 Å². The predicted octanol–water partition coefficient (Wildman–Crippen LogP) is 3.12. The fraction of sp³-hybridized carbons (Fsp3) is 0.474. The molecule has 0 radical (unpaired) electrons. The summed E-state index contributed by atoms with van der Waals surface area (Å²) >= 11 is 0. The molecule has 1 atom stereocenters. The Morgan fingerprint density at radius 1 is 1.26 bits per heavy atom. The third kappa shape index (κ3) is 2.78. The van der Waals surface area contributed by atoms with Crippen LogP contribution in [0.15, 0.2) is 36.7 Å².